The number of cyclic esters (lactones) is 1. The molecule has 1 saturated heterocycles. The standard InChI is InChI=1S/C21H33BrO3/c1-14(7-5-12-21(4)19(23)24-15(2)25-21)17-9-10-18-16(13-22)8-6-11-20(17,18)3/h13-15,17-18H,5-12H2,1-4H3/b16-13+/t14-,15-,17?,18+,20-,21-/m1/s1. The fourth-order valence-corrected chi connectivity index (χ4v) is 6.53. The van der Waals surface area contributed by atoms with Crippen LogP contribution in [0.25, 0.3) is 0 Å². The third-order valence-electron chi connectivity index (χ3n) is 7.31. The average Bonchev–Trinajstić information content (AvgIpc) is 3.03. The Morgan fingerprint density at radius 3 is 2.76 bits per heavy atom. The number of carbonyl (C=O) groups is 1. The maximum absolute atomic E-state index is 12.0. The minimum atomic E-state index is -0.738. The van der Waals surface area contributed by atoms with Gasteiger partial charge in [-0.25, -0.2) is 4.79 Å². The van der Waals surface area contributed by atoms with Crippen LogP contribution in [0.4, 0.5) is 0 Å². The van der Waals surface area contributed by atoms with Gasteiger partial charge in [-0.05, 0) is 86.9 Å². The van der Waals surface area contributed by atoms with Crippen molar-refractivity contribution in [2.75, 3.05) is 0 Å². The molecule has 3 nitrogen and oxygen atoms in total. The van der Waals surface area contributed by atoms with E-state index in [1.807, 2.05) is 6.92 Å². The lowest BCUT2D eigenvalue weighted by molar-refractivity contribution is -0.144. The summed E-state index contributed by atoms with van der Waals surface area (Å²) < 4.78 is 10.9. The summed E-state index contributed by atoms with van der Waals surface area (Å²) in [6.45, 7) is 8.62. The second kappa shape index (κ2) is 7.34. The van der Waals surface area contributed by atoms with Crippen LogP contribution in [0.1, 0.15) is 79.1 Å². The summed E-state index contributed by atoms with van der Waals surface area (Å²) in [4.78, 5) is 14.2. The van der Waals surface area contributed by atoms with E-state index in [0.29, 0.717) is 11.3 Å². The molecule has 3 aliphatic rings. The fourth-order valence-electron chi connectivity index (χ4n) is 5.98. The minimum Gasteiger partial charge on any atom is -0.434 e. The van der Waals surface area contributed by atoms with Crippen LogP contribution in [0.3, 0.4) is 0 Å². The van der Waals surface area contributed by atoms with E-state index in [2.05, 4.69) is 34.8 Å². The molecule has 1 heterocycles. The summed E-state index contributed by atoms with van der Waals surface area (Å²) in [6.07, 6.45) is 9.19. The highest BCUT2D eigenvalue weighted by molar-refractivity contribution is 9.11. The van der Waals surface area contributed by atoms with E-state index in [4.69, 9.17) is 9.47 Å². The molecule has 1 aliphatic heterocycles. The number of carbonyl (C=O) groups excluding carboxylic acids is 1. The molecule has 2 aliphatic carbocycles. The second-order valence-electron chi connectivity index (χ2n) is 8.97. The summed E-state index contributed by atoms with van der Waals surface area (Å²) >= 11 is 3.60. The van der Waals surface area contributed by atoms with E-state index in [1.54, 1.807) is 12.5 Å². The molecule has 2 saturated carbocycles. The summed E-state index contributed by atoms with van der Waals surface area (Å²) in [5, 5.41) is 0. The van der Waals surface area contributed by atoms with Crippen LogP contribution in [0, 0.1) is 23.2 Å². The monoisotopic (exact) mass is 412 g/mol. The summed E-state index contributed by atoms with van der Waals surface area (Å²) in [6, 6.07) is 0. The summed E-state index contributed by atoms with van der Waals surface area (Å²) in [5.74, 6) is 2.06. The molecule has 0 radical (unpaired) electrons. The van der Waals surface area contributed by atoms with Gasteiger partial charge in [0.15, 0.2) is 5.60 Å². The van der Waals surface area contributed by atoms with E-state index < -0.39 is 11.9 Å². The van der Waals surface area contributed by atoms with Crippen molar-refractivity contribution < 1.29 is 14.3 Å². The van der Waals surface area contributed by atoms with Gasteiger partial charge >= 0.3 is 5.97 Å². The third-order valence-corrected chi connectivity index (χ3v) is 7.90. The van der Waals surface area contributed by atoms with Crippen molar-refractivity contribution in [3.8, 4) is 0 Å². The van der Waals surface area contributed by atoms with Gasteiger partial charge in [-0.15, -0.1) is 0 Å². The number of esters is 1. The highest BCUT2D eigenvalue weighted by Crippen LogP contribution is 2.60. The number of ether oxygens (including phenoxy) is 2. The number of allylic oxidation sites excluding steroid dienone is 1. The SMILES string of the molecule is C[C@@H]1OC(=O)[C@@](C)(CCC[C@@H](C)C2CC[C@H]3/C(=C/Br)CCC[C@]23C)O1. The van der Waals surface area contributed by atoms with Crippen LogP contribution in [-0.2, 0) is 14.3 Å². The smallest absolute Gasteiger partial charge is 0.340 e. The lowest BCUT2D eigenvalue weighted by Crippen LogP contribution is -2.36. The zero-order chi connectivity index (χ0) is 18.2. The van der Waals surface area contributed by atoms with Crippen molar-refractivity contribution >= 4 is 21.9 Å². The third kappa shape index (κ3) is 3.58. The summed E-state index contributed by atoms with van der Waals surface area (Å²) in [7, 11) is 0. The van der Waals surface area contributed by atoms with Crippen molar-refractivity contribution in [1.29, 1.82) is 0 Å². The average molecular weight is 413 g/mol. The van der Waals surface area contributed by atoms with Crippen molar-refractivity contribution in [2.24, 2.45) is 23.2 Å². The van der Waals surface area contributed by atoms with Crippen molar-refractivity contribution in [3.05, 3.63) is 10.6 Å². The van der Waals surface area contributed by atoms with Crippen LogP contribution in [0.15, 0.2) is 10.6 Å². The topological polar surface area (TPSA) is 35.5 Å². The zero-order valence-electron chi connectivity index (χ0n) is 16.1. The first-order valence-electron chi connectivity index (χ1n) is 9.98. The van der Waals surface area contributed by atoms with Gasteiger partial charge in [0.2, 0.25) is 6.29 Å². The number of rotatable bonds is 5. The maximum Gasteiger partial charge on any atom is 0.340 e. The molecule has 142 valence electrons. The number of fused-ring (bicyclic) bond motifs is 1. The van der Waals surface area contributed by atoms with Gasteiger partial charge in [0.25, 0.3) is 0 Å². The number of halogens is 1. The molecule has 0 aromatic heterocycles. The maximum atomic E-state index is 12.0. The molecular weight excluding hydrogens is 380 g/mol. The largest absolute Gasteiger partial charge is 0.434 e. The van der Waals surface area contributed by atoms with Crippen LogP contribution >= 0.6 is 15.9 Å². The molecule has 0 aromatic carbocycles. The predicted octanol–water partition coefficient (Wildman–Crippen LogP) is 5.97. The normalized spacial score (nSPS) is 44.0. The van der Waals surface area contributed by atoms with Crippen LogP contribution in [0.5, 0.6) is 0 Å². The van der Waals surface area contributed by atoms with Gasteiger partial charge in [-0.2, -0.15) is 0 Å². The van der Waals surface area contributed by atoms with Gasteiger partial charge in [-0.1, -0.05) is 41.8 Å². The van der Waals surface area contributed by atoms with Gasteiger partial charge < -0.3 is 9.47 Å². The molecule has 25 heavy (non-hydrogen) atoms. The number of hydrogen-bond donors (Lipinski definition) is 0. The van der Waals surface area contributed by atoms with Crippen molar-refractivity contribution in [1.82, 2.24) is 0 Å². The molecule has 6 atom stereocenters. The van der Waals surface area contributed by atoms with E-state index in [1.165, 1.54) is 38.5 Å². The Bertz CT molecular complexity index is 545. The first-order valence-corrected chi connectivity index (χ1v) is 10.9. The van der Waals surface area contributed by atoms with E-state index in [9.17, 15) is 4.79 Å². The Labute approximate surface area is 161 Å². The van der Waals surface area contributed by atoms with Crippen molar-refractivity contribution in [2.45, 2.75) is 91.0 Å². The van der Waals surface area contributed by atoms with Crippen molar-refractivity contribution in [3.63, 3.8) is 0 Å². The Morgan fingerprint density at radius 1 is 1.36 bits per heavy atom. The molecule has 0 amide bonds. The molecular formula is C21H33BrO3. The first kappa shape index (κ1) is 19.4. The molecule has 3 rings (SSSR count). The van der Waals surface area contributed by atoms with E-state index in [0.717, 1.165) is 24.7 Å². The number of hydrogen-bond acceptors (Lipinski definition) is 3. The van der Waals surface area contributed by atoms with E-state index >= 15 is 0 Å². The Kier molecular flexibility index (Phi) is 5.70. The van der Waals surface area contributed by atoms with Gasteiger partial charge in [0.05, 0.1) is 0 Å². The molecule has 0 aromatic rings. The van der Waals surface area contributed by atoms with E-state index in [-0.39, 0.29) is 5.97 Å². The van der Waals surface area contributed by atoms with Crippen LogP contribution in [0.2, 0.25) is 0 Å². The predicted molar refractivity (Wildman–Crippen MR) is 103 cm³/mol. The molecule has 1 unspecified atom stereocenters. The highest BCUT2D eigenvalue weighted by Gasteiger charge is 2.50. The molecule has 0 spiro atoms. The first-order chi connectivity index (χ1) is 11.8. The van der Waals surface area contributed by atoms with Crippen LogP contribution in [-0.4, -0.2) is 17.9 Å². The van der Waals surface area contributed by atoms with Gasteiger partial charge in [0, 0.05) is 0 Å². The highest BCUT2D eigenvalue weighted by atomic mass is 79.9. The Morgan fingerprint density at radius 2 is 2.12 bits per heavy atom. The lowest BCUT2D eigenvalue weighted by atomic mass is 9.61. The lowest BCUT2D eigenvalue weighted by Gasteiger charge is -2.44. The molecule has 0 N–H and O–H groups in total. The molecule has 3 fully saturated rings. The second-order valence-corrected chi connectivity index (χ2v) is 9.43. The quantitative estimate of drug-likeness (QED) is 0.521. The molecule has 0 bridgehead atoms. The zero-order valence-corrected chi connectivity index (χ0v) is 17.7. The fraction of sp³-hybridized carbons (Fsp3) is 0.857. The molecule has 4 heteroatoms. The Hall–Kier alpha value is -0.350. The van der Waals surface area contributed by atoms with Crippen LogP contribution < -0.4 is 0 Å². The van der Waals surface area contributed by atoms with Gasteiger partial charge in [0.1, 0.15) is 0 Å². The van der Waals surface area contributed by atoms with Gasteiger partial charge in [-0.3, -0.25) is 0 Å². The summed E-state index contributed by atoms with van der Waals surface area (Å²) in [5.41, 5.74) is 1.35. The Balaban J connectivity index is 1.57. The minimum absolute atomic E-state index is 0.195.